The molecule has 0 saturated heterocycles. The van der Waals surface area contributed by atoms with Crippen molar-refractivity contribution in [2.45, 2.75) is 31.1 Å². The van der Waals surface area contributed by atoms with Crippen molar-refractivity contribution in [2.75, 3.05) is 4.72 Å². The third-order valence-corrected chi connectivity index (χ3v) is 6.13. The van der Waals surface area contributed by atoms with Crippen molar-refractivity contribution < 1.29 is 8.42 Å². The molecule has 2 aromatic rings. The molecule has 114 valence electrons. The van der Waals surface area contributed by atoms with Gasteiger partial charge in [-0.1, -0.05) is 32.4 Å². The van der Waals surface area contributed by atoms with Crippen LogP contribution in [-0.4, -0.2) is 13.4 Å². The van der Waals surface area contributed by atoms with Crippen LogP contribution in [0.3, 0.4) is 0 Å². The predicted octanol–water partition coefficient (Wildman–Crippen LogP) is 4.66. The molecule has 21 heavy (non-hydrogen) atoms. The van der Waals surface area contributed by atoms with E-state index in [1.165, 1.54) is 29.5 Å². The first-order valence-electron chi connectivity index (χ1n) is 6.03. The maximum absolute atomic E-state index is 12.3. The van der Waals surface area contributed by atoms with E-state index in [9.17, 15) is 8.42 Å². The maximum Gasteiger partial charge on any atom is 0.263 e. The summed E-state index contributed by atoms with van der Waals surface area (Å²) >= 11 is 10.4. The lowest BCUT2D eigenvalue weighted by Crippen LogP contribution is -2.14. The van der Waals surface area contributed by atoms with Gasteiger partial charge in [-0.05, 0) is 34.1 Å². The lowest BCUT2D eigenvalue weighted by atomic mass is 9.93. The number of rotatable bonds is 3. The van der Waals surface area contributed by atoms with Crippen LogP contribution in [0.15, 0.2) is 32.9 Å². The Labute approximate surface area is 141 Å². The van der Waals surface area contributed by atoms with Gasteiger partial charge in [-0.25, -0.2) is 13.4 Å². The summed E-state index contributed by atoms with van der Waals surface area (Å²) < 4.78 is 27.7. The van der Waals surface area contributed by atoms with Crippen LogP contribution >= 0.6 is 38.9 Å². The Balaban J connectivity index is 2.29. The van der Waals surface area contributed by atoms with Gasteiger partial charge >= 0.3 is 0 Å². The van der Waals surface area contributed by atoms with Crippen molar-refractivity contribution in [3.63, 3.8) is 0 Å². The van der Waals surface area contributed by atoms with Gasteiger partial charge in [-0.2, -0.15) is 0 Å². The molecule has 0 spiro atoms. The normalized spacial score (nSPS) is 12.4. The summed E-state index contributed by atoms with van der Waals surface area (Å²) in [4.78, 5) is 4.45. The number of anilines is 1. The smallest absolute Gasteiger partial charge is 0.255 e. The Kier molecular flexibility index (Phi) is 4.68. The van der Waals surface area contributed by atoms with Crippen molar-refractivity contribution in [1.29, 1.82) is 0 Å². The van der Waals surface area contributed by atoms with Crippen LogP contribution in [0.1, 0.15) is 26.5 Å². The molecule has 0 radical (unpaired) electrons. The largest absolute Gasteiger partial charge is 0.263 e. The molecule has 2 rings (SSSR count). The number of benzene rings is 1. The van der Waals surface area contributed by atoms with Crippen LogP contribution in [0.2, 0.25) is 5.02 Å². The second kappa shape index (κ2) is 5.87. The molecule has 4 nitrogen and oxygen atoms in total. The average Bonchev–Trinajstić information content (AvgIpc) is 2.80. The van der Waals surface area contributed by atoms with Gasteiger partial charge in [0.25, 0.3) is 10.0 Å². The van der Waals surface area contributed by atoms with Gasteiger partial charge in [0.1, 0.15) is 0 Å². The fourth-order valence-corrected chi connectivity index (χ4v) is 4.35. The minimum absolute atomic E-state index is 0.122. The summed E-state index contributed by atoms with van der Waals surface area (Å²) in [6.45, 7) is 6.07. The van der Waals surface area contributed by atoms with Crippen LogP contribution in [0, 0.1) is 0 Å². The first kappa shape index (κ1) is 16.7. The molecule has 1 heterocycles. The van der Waals surface area contributed by atoms with E-state index in [4.69, 9.17) is 11.6 Å². The topological polar surface area (TPSA) is 59.1 Å². The monoisotopic (exact) mass is 408 g/mol. The summed E-state index contributed by atoms with van der Waals surface area (Å²) in [6.07, 6.45) is 0. The summed E-state index contributed by atoms with van der Waals surface area (Å²) in [5, 5.41) is 2.67. The van der Waals surface area contributed by atoms with Gasteiger partial charge in [0.05, 0.1) is 15.6 Å². The highest BCUT2D eigenvalue weighted by Gasteiger charge is 2.21. The summed E-state index contributed by atoms with van der Waals surface area (Å²) in [7, 11) is -3.68. The fourth-order valence-electron chi connectivity index (χ4n) is 1.48. The molecule has 0 saturated carbocycles. The van der Waals surface area contributed by atoms with E-state index in [0.717, 1.165) is 5.69 Å². The van der Waals surface area contributed by atoms with Gasteiger partial charge in [0.15, 0.2) is 5.13 Å². The minimum atomic E-state index is -3.68. The first-order chi connectivity index (χ1) is 9.59. The van der Waals surface area contributed by atoms with Crippen LogP contribution in [-0.2, 0) is 15.4 Å². The zero-order valence-corrected chi connectivity index (χ0v) is 15.6. The Morgan fingerprint density at radius 3 is 2.52 bits per heavy atom. The van der Waals surface area contributed by atoms with Crippen molar-refractivity contribution >= 4 is 54.0 Å². The Morgan fingerprint density at radius 1 is 1.33 bits per heavy atom. The molecule has 0 atom stereocenters. The van der Waals surface area contributed by atoms with E-state index >= 15 is 0 Å². The van der Waals surface area contributed by atoms with Gasteiger partial charge in [-0.3, -0.25) is 4.72 Å². The number of sulfonamides is 1. The summed E-state index contributed by atoms with van der Waals surface area (Å²) in [6, 6.07) is 4.44. The van der Waals surface area contributed by atoms with E-state index in [-0.39, 0.29) is 10.3 Å². The Hall–Kier alpha value is -0.630. The second-order valence-corrected chi connectivity index (χ2v) is 9.27. The highest BCUT2D eigenvalue weighted by Crippen LogP contribution is 2.29. The van der Waals surface area contributed by atoms with Gasteiger partial charge in [-0.15, -0.1) is 11.3 Å². The van der Waals surface area contributed by atoms with E-state index in [0.29, 0.717) is 14.6 Å². The Bertz CT molecular complexity index is 767. The predicted molar refractivity (Wildman–Crippen MR) is 90.8 cm³/mol. The molecular formula is C13H14BrClN2O2S2. The lowest BCUT2D eigenvalue weighted by molar-refractivity contribution is 0.573. The van der Waals surface area contributed by atoms with E-state index in [1.54, 1.807) is 0 Å². The third-order valence-electron chi connectivity index (χ3n) is 2.70. The molecule has 0 aliphatic rings. The number of hydrogen-bond donors (Lipinski definition) is 1. The molecular weight excluding hydrogens is 396 g/mol. The van der Waals surface area contributed by atoms with Crippen molar-refractivity contribution in [2.24, 2.45) is 0 Å². The molecule has 8 heteroatoms. The Morgan fingerprint density at radius 2 is 2.00 bits per heavy atom. The van der Waals surface area contributed by atoms with E-state index in [2.05, 4.69) is 25.6 Å². The van der Waals surface area contributed by atoms with Crippen molar-refractivity contribution in [1.82, 2.24) is 4.98 Å². The average molecular weight is 410 g/mol. The third kappa shape index (κ3) is 3.97. The fraction of sp³-hybridized carbons (Fsp3) is 0.308. The molecule has 0 aliphatic carbocycles. The van der Waals surface area contributed by atoms with E-state index < -0.39 is 10.0 Å². The zero-order chi connectivity index (χ0) is 15.8. The number of nitrogens with one attached hydrogen (secondary N) is 1. The van der Waals surface area contributed by atoms with Gasteiger partial charge in [0, 0.05) is 15.3 Å². The first-order valence-corrected chi connectivity index (χ1v) is 9.57. The number of thiazole rings is 1. The highest BCUT2D eigenvalue weighted by molar-refractivity contribution is 9.10. The number of aromatic nitrogens is 1. The van der Waals surface area contributed by atoms with Crippen LogP contribution in [0.4, 0.5) is 5.13 Å². The standard InChI is InChI=1S/C13H14BrClN2O2S2/c1-13(2,3)11-7-20-12(16-11)17-21(18,19)8-4-5-10(15)9(14)6-8/h4-7H,1-3H3,(H,16,17). The molecule has 1 aromatic carbocycles. The van der Waals surface area contributed by atoms with Gasteiger partial charge in [0.2, 0.25) is 0 Å². The number of nitrogens with zero attached hydrogens (tertiary/aromatic N) is 1. The van der Waals surface area contributed by atoms with Crippen LogP contribution in [0.5, 0.6) is 0 Å². The van der Waals surface area contributed by atoms with Crippen LogP contribution in [0.25, 0.3) is 0 Å². The molecule has 1 N–H and O–H groups in total. The second-order valence-electron chi connectivity index (χ2n) is 5.47. The molecule has 0 amide bonds. The lowest BCUT2D eigenvalue weighted by Gasteiger charge is -2.14. The number of halogens is 2. The molecule has 0 unspecified atom stereocenters. The zero-order valence-electron chi connectivity index (χ0n) is 11.6. The van der Waals surface area contributed by atoms with E-state index in [1.807, 2.05) is 26.2 Å². The van der Waals surface area contributed by atoms with Crippen LogP contribution < -0.4 is 4.72 Å². The highest BCUT2D eigenvalue weighted by atomic mass is 79.9. The summed E-state index contributed by atoms with van der Waals surface area (Å²) in [5.74, 6) is 0. The van der Waals surface area contributed by atoms with Crippen molar-refractivity contribution in [3.8, 4) is 0 Å². The molecule has 0 fully saturated rings. The molecule has 0 bridgehead atoms. The van der Waals surface area contributed by atoms with Gasteiger partial charge < -0.3 is 0 Å². The number of hydrogen-bond acceptors (Lipinski definition) is 4. The SMILES string of the molecule is CC(C)(C)c1csc(NS(=O)(=O)c2ccc(Cl)c(Br)c2)n1. The summed E-state index contributed by atoms with van der Waals surface area (Å²) in [5.41, 5.74) is 0.728. The quantitative estimate of drug-likeness (QED) is 0.802. The maximum atomic E-state index is 12.3. The van der Waals surface area contributed by atoms with Crippen molar-refractivity contribution in [3.05, 3.63) is 38.8 Å². The molecule has 1 aromatic heterocycles. The molecule has 0 aliphatic heterocycles. The minimum Gasteiger partial charge on any atom is -0.255 e.